The van der Waals surface area contributed by atoms with E-state index in [9.17, 15) is 4.39 Å². The number of hydrogen-bond donors (Lipinski definition) is 1. The molecule has 0 bridgehead atoms. The molecule has 0 saturated heterocycles. The fraction of sp³-hybridized carbons (Fsp3) is 0.143. The van der Waals surface area contributed by atoms with Crippen LogP contribution in [0.3, 0.4) is 0 Å². The van der Waals surface area contributed by atoms with Crippen molar-refractivity contribution in [3.05, 3.63) is 40.6 Å². The molecule has 0 saturated carbocycles. The minimum absolute atomic E-state index is 0.334. The molecule has 0 atom stereocenters. The van der Waals surface area contributed by atoms with E-state index in [4.69, 9.17) is 0 Å². The predicted molar refractivity (Wildman–Crippen MR) is 81.3 cm³/mol. The highest BCUT2D eigenvalue weighted by molar-refractivity contribution is 9.10. The summed E-state index contributed by atoms with van der Waals surface area (Å²) in [7, 11) is 3.82. The topological polar surface area (TPSA) is 44.8 Å². The maximum Gasteiger partial charge on any atom is 0.180 e. The number of hydrogen-bond acceptors (Lipinski definition) is 3. The number of rotatable bonds is 2. The van der Waals surface area contributed by atoms with Crippen LogP contribution in [0.1, 0.15) is 0 Å². The van der Waals surface area contributed by atoms with Crippen LogP contribution in [0.5, 0.6) is 0 Å². The third-order valence-corrected chi connectivity index (χ3v) is 3.61. The van der Waals surface area contributed by atoms with Gasteiger partial charge in [0.2, 0.25) is 0 Å². The Hall–Kier alpha value is -1.95. The molecule has 2 aromatic heterocycles. The molecule has 20 heavy (non-hydrogen) atoms. The molecule has 3 rings (SSSR count). The number of nitrogens with zero attached hydrogens (tertiary/aromatic N) is 3. The van der Waals surface area contributed by atoms with Gasteiger partial charge in [-0.3, -0.25) is 0 Å². The second-order valence-corrected chi connectivity index (χ2v) is 5.48. The fourth-order valence-electron chi connectivity index (χ4n) is 1.95. The number of benzene rings is 1. The Morgan fingerprint density at radius 1 is 1.15 bits per heavy atom. The summed E-state index contributed by atoms with van der Waals surface area (Å²) in [4.78, 5) is 13.8. The van der Waals surface area contributed by atoms with Gasteiger partial charge in [-0.05, 0) is 40.2 Å². The Morgan fingerprint density at radius 2 is 1.95 bits per heavy atom. The molecule has 102 valence electrons. The van der Waals surface area contributed by atoms with E-state index >= 15 is 0 Å². The van der Waals surface area contributed by atoms with Crippen LogP contribution < -0.4 is 4.90 Å². The van der Waals surface area contributed by atoms with E-state index in [1.807, 2.05) is 31.1 Å². The standard InChI is InChI=1S/C14H12BrFN4/c1-20(2)11-7-6-10-14(18-11)19-13(17-10)8-4-3-5-9(15)12(8)16/h3-7H,1-2H3,(H,17,18,19). The van der Waals surface area contributed by atoms with Crippen molar-refractivity contribution in [2.75, 3.05) is 19.0 Å². The van der Waals surface area contributed by atoms with Crippen LogP contribution in [0.4, 0.5) is 10.2 Å². The summed E-state index contributed by atoms with van der Waals surface area (Å²) in [5, 5.41) is 0. The highest BCUT2D eigenvalue weighted by atomic mass is 79.9. The normalized spacial score (nSPS) is 11.0. The molecule has 4 nitrogen and oxygen atoms in total. The number of pyridine rings is 1. The third-order valence-electron chi connectivity index (χ3n) is 3.00. The quantitative estimate of drug-likeness (QED) is 0.778. The Balaban J connectivity index is 2.15. The molecule has 1 aromatic carbocycles. The molecule has 0 unspecified atom stereocenters. The molecule has 0 radical (unpaired) electrons. The zero-order valence-corrected chi connectivity index (χ0v) is 12.6. The van der Waals surface area contributed by atoms with E-state index in [1.165, 1.54) is 0 Å². The molecule has 1 N–H and O–H groups in total. The first-order chi connectivity index (χ1) is 9.56. The summed E-state index contributed by atoms with van der Waals surface area (Å²) in [5.41, 5.74) is 1.78. The van der Waals surface area contributed by atoms with Crippen LogP contribution >= 0.6 is 15.9 Å². The van der Waals surface area contributed by atoms with Gasteiger partial charge in [0, 0.05) is 14.1 Å². The van der Waals surface area contributed by atoms with Crippen molar-refractivity contribution in [1.29, 1.82) is 0 Å². The molecular weight excluding hydrogens is 323 g/mol. The largest absolute Gasteiger partial charge is 0.363 e. The SMILES string of the molecule is CN(C)c1ccc2[nH]c(-c3cccc(Br)c3F)nc2n1. The summed E-state index contributed by atoms with van der Waals surface area (Å²) >= 11 is 3.18. The summed E-state index contributed by atoms with van der Waals surface area (Å²) in [5.74, 6) is 0.951. The van der Waals surface area contributed by atoms with Gasteiger partial charge in [0.25, 0.3) is 0 Å². The average Bonchev–Trinajstić information content (AvgIpc) is 2.84. The van der Waals surface area contributed by atoms with Crippen molar-refractivity contribution < 1.29 is 4.39 Å². The Morgan fingerprint density at radius 3 is 2.70 bits per heavy atom. The van der Waals surface area contributed by atoms with Gasteiger partial charge in [0.1, 0.15) is 17.5 Å². The molecule has 6 heteroatoms. The molecule has 0 aliphatic heterocycles. The van der Waals surface area contributed by atoms with E-state index in [-0.39, 0.29) is 5.82 Å². The van der Waals surface area contributed by atoms with Gasteiger partial charge in [-0.25, -0.2) is 14.4 Å². The second-order valence-electron chi connectivity index (χ2n) is 4.62. The molecule has 0 aliphatic carbocycles. The van der Waals surface area contributed by atoms with Crippen molar-refractivity contribution in [3.8, 4) is 11.4 Å². The van der Waals surface area contributed by atoms with E-state index in [0.717, 1.165) is 11.3 Å². The maximum absolute atomic E-state index is 14.1. The van der Waals surface area contributed by atoms with Gasteiger partial charge in [0.15, 0.2) is 5.65 Å². The molecule has 0 amide bonds. The van der Waals surface area contributed by atoms with Crippen LogP contribution in [0.15, 0.2) is 34.8 Å². The lowest BCUT2D eigenvalue weighted by atomic mass is 10.2. The predicted octanol–water partition coefficient (Wildman–Crippen LogP) is 3.59. The van der Waals surface area contributed by atoms with Gasteiger partial charge in [-0.1, -0.05) is 6.07 Å². The van der Waals surface area contributed by atoms with Crippen LogP contribution in [-0.2, 0) is 0 Å². The van der Waals surface area contributed by atoms with Crippen molar-refractivity contribution in [2.24, 2.45) is 0 Å². The van der Waals surface area contributed by atoms with Crippen molar-refractivity contribution in [3.63, 3.8) is 0 Å². The first kappa shape index (κ1) is 13.1. The molecule has 3 aromatic rings. The third kappa shape index (κ3) is 2.16. The number of H-pyrrole nitrogens is 1. The van der Waals surface area contributed by atoms with Gasteiger partial charge < -0.3 is 9.88 Å². The summed E-state index contributed by atoms with van der Waals surface area (Å²) in [6.45, 7) is 0. The number of anilines is 1. The second kappa shape index (κ2) is 4.86. The molecule has 0 aliphatic rings. The first-order valence-electron chi connectivity index (χ1n) is 6.05. The smallest absolute Gasteiger partial charge is 0.180 e. The van der Waals surface area contributed by atoms with Gasteiger partial charge >= 0.3 is 0 Å². The number of halogens is 2. The lowest BCUT2D eigenvalue weighted by Crippen LogP contribution is -2.10. The minimum Gasteiger partial charge on any atom is -0.363 e. The molecule has 2 heterocycles. The molecule has 0 fully saturated rings. The van der Waals surface area contributed by atoms with Crippen LogP contribution in [0.2, 0.25) is 0 Å². The summed E-state index contributed by atoms with van der Waals surface area (Å²) in [6.07, 6.45) is 0. The van der Waals surface area contributed by atoms with Crippen molar-refractivity contribution in [2.45, 2.75) is 0 Å². The molecule has 0 spiro atoms. The monoisotopic (exact) mass is 334 g/mol. The number of aromatic amines is 1. The van der Waals surface area contributed by atoms with Gasteiger partial charge in [-0.15, -0.1) is 0 Å². The molecular formula is C14H12BrFN4. The minimum atomic E-state index is -0.334. The summed E-state index contributed by atoms with van der Waals surface area (Å²) < 4.78 is 14.5. The Labute approximate surface area is 123 Å². The van der Waals surface area contributed by atoms with Crippen molar-refractivity contribution >= 4 is 32.9 Å². The first-order valence-corrected chi connectivity index (χ1v) is 6.84. The number of aromatic nitrogens is 3. The highest BCUT2D eigenvalue weighted by Gasteiger charge is 2.13. The van der Waals surface area contributed by atoms with Gasteiger partial charge in [0.05, 0.1) is 15.6 Å². The number of imidazole rings is 1. The summed E-state index contributed by atoms with van der Waals surface area (Å²) in [6, 6.07) is 8.90. The van der Waals surface area contributed by atoms with E-state index in [0.29, 0.717) is 21.5 Å². The Bertz CT molecular complexity index is 782. The average molecular weight is 335 g/mol. The lowest BCUT2D eigenvalue weighted by Gasteiger charge is -2.09. The van der Waals surface area contributed by atoms with Crippen LogP contribution in [0, 0.1) is 5.82 Å². The van der Waals surface area contributed by atoms with Crippen LogP contribution in [0.25, 0.3) is 22.6 Å². The van der Waals surface area contributed by atoms with E-state index in [2.05, 4.69) is 30.9 Å². The Kier molecular flexibility index (Phi) is 3.17. The van der Waals surface area contributed by atoms with E-state index < -0.39 is 0 Å². The number of fused-ring (bicyclic) bond motifs is 1. The van der Waals surface area contributed by atoms with E-state index in [1.54, 1.807) is 18.2 Å². The maximum atomic E-state index is 14.1. The zero-order valence-electron chi connectivity index (χ0n) is 11.0. The lowest BCUT2D eigenvalue weighted by molar-refractivity contribution is 0.623. The van der Waals surface area contributed by atoms with Crippen LogP contribution in [-0.4, -0.2) is 29.0 Å². The van der Waals surface area contributed by atoms with Crippen molar-refractivity contribution in [1.82, 2.24) is 15.0 Å². The zero-order chi connectivity index (χ0) is 14.3. The highest BCUT2D eigenvalue weighted by Crippen LogP contribution is 2.27. The van der Waals surface area contributed by atoms with Gasteiger partial charge in [-0.2, -0.15) is 0 Å². The number of nitrogens with one attached hydrogen (secondary N) is 1. The fourth-order valence-corrected chi connectivity index (χ4v) is 2.31.